The Balaban J connectivity index is 2.03. The highest BCUT2D eigenvalue weighted by Gasteiger charge is 2.11. The van der Waals surface area contributed by atoms with Crippen molar-refractivity contribution in [2.45, 2.75) is 0 Å². The van der Waals surface area contributed by atoms with E-state index in [0.717, 1.165) is 5.69 Å². The van der Waals surface area contributed by atoms with Gasteiger partial charge in [0, 0.05) is 17.6 Å². The van der Waals surface area contributed by atoms with Crippen molar-refractivity contribution in [1.29, 1.82) is 0 Å². The molecule has 0 saturated heterocycles. The number of carboxylic acid groups (broad SMARTS) is 1. The lowest BCUT2D eigenvalue weighted by Gasteiger charge is -2.04. The van der Waals surface area contributed by atoms with Gasteiger partial charge in [-0.1, -0.05) is 16.8 Å². The number of carbonyl (C=O) groups is 1. The normalized spacial score (nSPS) is 11.1. The highest BCUT2D eigenvalue weighted by Crippen LogP contribution is 2.19. The first-order valence-corrected chi connectivity index (χ1v) is 7.32. The first-order chi connectivity index (χ1) is 11.5. The van der Waals surface area contributed by atoms with Gasteiger partial charge in [0.1, 0.15) is 0 Å². The summed E-state index contributed by atoms with van der Waals surface area (Å²) in [5.74, 6) is -0.807. The summed E-state index contributed by atoms with van der Waals surface area (Å²) in [5, 5.41) is 17.4. The van der Waals surface area contributed by atoms with E-state index in [1.807, 2.05) is 0 Å². The number of carboxylic acids is 1. The van der Waals surface area contributed by atoms with Crippen molar-refractivity contribution in [3.05, 3.63) is 58.6 Å². The number of benzene rings is 1. The first kappa shape index (κ1) is 15.8. The van der Waals surface area contributed by atoms with Crippen LogP contribution >= 0.6 is 11.6 Å². The predicted molar refractivity (Wildman–Crippen MR) is 89.4 cm³/mol. The second-order valence-corrected chi connectivity index (χ2v) is 5.37. The molecule has 1 aromatic carbocycles. The van der Waals surface area contributed by atoms with Crippen molar-refractivity contribution < 1.29 is 9.90 Å². The van der Waals surface area contributed by atoms with Crippen LogP contribution in [-0.4, -0.2) is 36.0 Å². The van der Waals surface area contributed by atoms with E-state index >= 15 is 0 Å². The van der Waals surface area contributed by atoms with E-state index in [-0.39, 0.29) is 5.69 Å². The number of aromatic carboxylic acids is 1. The van der Waals surface area contributed by atoms with E-state index in [9.17, 15) is 9.90 Å². The molecule has 0 fully saturated rings. The summed E-state index contributed by atoms with van der Waals surface area (Å²) in [6.45, 7) is 0. The molecule has 2 aromatic heterocycles. The molecular weight excluding hydrogens is 330 g/mol. The zero-order valence-electron chi connectivity index (χ0n) is 12.6. The molecule has 8 heteroatoms. The number of nitrogens with zero attached hydrogens (tertiary/aromatic N) is 5. The van der Waals surface area contributed by atoms with Crippen molar-refractivity contribution in [3.63, 3.8) is 0 Å². The Kier molecular flexibility index (Phi) is 4.35. The van der Waals surface area contributed by atoms with E-state index in [1.54, 1.807) is 54.3 Å². The average Bonchev–Trinajstić information content (AvgIpc) is 2.98. The van der Waals surface area contributed by atoms with Gasteiger partial charge in [-0.25, -0.2) is 19.4 Å². The molecule has 0 atom stereocenters. The van der Waals surface area contributed by atoms with Gasteiger partial charge < -0.3 is 5.11 Å². The Morgan fingerprint density at radius 1 is 1.21 bits per heavy atom. The number of hydrogen-bond donors (Lipinski definition) is 1. The van der Waals surface area contributed by atoms with Crippen LogP contribution in [0.4, 0.5) is 0 Å². The Bertz CT molecular complexity index is 918. The van der Waals surface area contributed by atoms with Crippen LogP contribution in [-0.2, 0) is 7.05 Å². The molecule has 0 saturated carbocycles. The van der Waals surface area contributed by atoms with Crippen LogP contribution in [0.25, 0.3) is 23.5 Å². The van der Waals surface area contributed by atoms with E-state index in [2.05, 4.69) is 20.3 Å². The quantitative estimate of drug-likeness (QED) is 0.784. The van der Waals surface area contributed by atoms with Gasteiger partial charge in [0.2, 0.25) is 0 Å². The van der Waals surface area contributed by atoms with Gasteiger partial charge in [0.05, 0.1) is 17.6 Å². The maximum atomic E-state index is 11.3. The number of halogens is 1. The van der Waals surface area contributed by atoms with Crippen LogP contribution in [0.15, 0.2) is 36.5 Å². The molecule has 2 heterocycles. The van der Waals surface area contributed by atoms with Gasteiger partial charge in [-0.15, -0.1) is 5.10 Å². The third-order valence-electron chi connectivity index (χ3n) is 3.24. The van der Waals surface area contributed by atoms with Crippen molar-refractivity contribution in [2.24, 2.45) is 7.05 Å². The number of aryl methyl sites for hydroxylation is 1. The third kappa shape index (κ3) is 3.47. The molecule has 0 amide bonds. The summed E-state index contributed by atoms with van der Waals surface area (Å²) in [4.78, 5) is 19.8. The van der Waals surface area contributed by atoms with Crippen LogP contribution in [0.5, 0.6) is 0 Å². The topological polar surface area (TPSA) is 93.8 Å². The van der Waals surface area contributed by atoms with Crippen molar-refractivity contribution in [1.82, 2.24) is 25.0 Å². The molecule has 0 spiro atoms. The van der Waals surface area contributed by atoms with Crippen molar-refractivity contribution >= 4 is 29.7 Å². The van der Waals surface area contributed by atoms with Crippen LogP contribution in [0.3, 0.4) is 0 Å². The molecule has 1 N–H and O–H groups in total. The fourth-order valence-electron chi connectivity index (χ4n) is 2.01. The lowest BCUT2D eigenvalue weighted by atomic mass is 10.2. The Morgan fingerprint density at radius 3 is 2.58 bits per heavy atom. The Labute approximate surface area is 142 Å². The Hall–Kier alpha value is -3.06. The Morgan fingerprint density at radius 2 is 1.96 bits per heavy atom. The molecule has 24 heavy (non-hydrogen) atoms. The van der Waals surface area contributed by atoms with Crippen LogP contribution in [0.2, 0.25) is 5.02 Å². The zero-order chi connectivity index (χ0) is 17.1. The minimum atomic E-state index is -1.12. The fourth-order valence-corrected chi connectivity index (χ4v) is 2.13. The van der Waals surface area contributed by atoms with Gasteiger partial charge in [-0.05, 0) is 42.5 Å². The molecule has 120 valence electrons. The second kappa shape index (κ2) is 6.59. The van der Waals surface area contributed by atoms with Gasteiger partial charge in [0.25, 0.3) is 0 Å². The number of hydrogen-bond acceptors (Lipinski definition) is 5. The number of rotatable bonds is 4. The highest BCUT2D eigenvalue weighted by atomic mass is 35.5. The molecule has 0 bridgehead atoms. The molecule has 0 unspecified atom stereocenters. The number of aromatic nitrogens is 5. The molecule has 7 nitrogen and oxygen atoms in total. The lowest BCUT2D eigenvalue weighted by Crippen LogP contribution is -2.04. The smallest absolute Gasteiger partial charge is 0.354 e. The first-order valence-electron chi connectivity index (χ1n) is 6.94. The second-order valence-electron chi connectivity index (χ2n) is 4.93. The molecule has 0 aliphatic carbocycles. The van der Waals surface area contributed by atoms with Crippen molar-refractivity contribution in [2.75, 3.05) is 0 Å². The summed E-state index contributed by atoms with van der Waals surface area (Å²) < 4.78 is 1.59. The van der Waals surface area contributed by atoms with Gasteiger partial charge in [0.15, 0.2) is 11.5 Å². The van der Waals surface area contributed by atoms with Gasteiger partial charge in [-0.2, -0.15) is 0 Å². The molecule has 0 aliphatic rings. The SMILES string of the molecule is Cn1nncc1C=Cc1cc(C(=O)O)nc(-c2ccc(Cl)cc2)n1. The minimum Gasteiger partial charge on any atom is -0.477 e. The van der Waals surface area contributed by atoms with E-state index < -0.39 is 5.97 Å². The lowest BCUT2D eigenvalue weighted by molar-refractivity contribution is 0.0690. The van der Waals surface area contributed by atoms with E-state index in [4.69, 9.17) is 11.6 Å². The molecule has 3 aromatic rings. The van der Waals surface area contributed by atoms with Crippen LogP contribution < -0.4 is 0 Å². The molecular formula is C16H12ClN5O2. The zero-order valence-corrected chi connectivity index (χ0v) is 13.3. The largest absolute Gasteiger partial charge is 0.477 e. The van der Waals surface area contributed by atoms with Gasteiger partial charge in [-0.3, -0.25) is 0 Å². The molecule has 3 rings (SSSR count). The van der Waals surface area contributed by atoms with E-state index in [0.29, 0.717) is 22.1 Å². The average molecular weight is 342 g/mol. The van der Waals surface area contributed by atoms with Gasteiger partial charge >= 0.3 is 5.97 Å². The highest BCUT2D eigenvalue weighted by molar-refractivity contribution is 6.30. The molecule has 0 aliphatic heterocycles. The maximum Gasteiger partial charge on any atom is 0.354 e. The van der Waals surface area contributed by atoms with Crippen LogP contribution in [0.1, 0.15) is 21.9 Å². The monoisotopic (exact) mass is 341 g/mol. The molecule has 0 radical (unpaired) electrons. The van der Waals surface area contributed by atoms with E-state index in [1.165, 1.54) is 6.07 Å². The summed E-state index contributed by atoms with van der Waals surface area (Å²) in [7, 11) is 1.76. The summed E-state index contributed by atoms with van der Waals surface area (Å²) in [6, 6.07) is 8.28. The predicted octanol–water partition coefficient (Wildman–Crippen LogP) is 2.79. The summed E-state index contributed by atoms with van der Waals surface area (Å²) >= 11 is 5.87. The fraction of sp³-hybridized carbons (Fsp3) is 0.0625. The maximum absolute atomic E-state index is 11.3. The summed E-state index contributed by atoms with van der Waals surface area (Å²) in [6.07, 6.45) is 5.03. The minimum absolute atomic E-state index is 0.0854. The summed E-state index contributed by atoms with van der Waals surface area (Å²) in [5.41, 5.74) is 1.82. The third-order valence-corrected chi connectivity index (χ3v) is 3.49. The van der Waals surface area contributed by atoms with Crippen LogP contribution in [0, 0.1) is 0 Å². The van der Waals surface area contributed by atoms with Crippen molar-refractivity contribution in [3.8, 4) is 11.4 Å². The standard InChI is InChI=1S/C16H12ClN5O2/c1-22-13(9-18-21-22)7-6-12-8-14(16(23)24)20-15(19-12)10-2-4-11(17)5-3-10/h2-9H,1H3,(H,23,24).